The highest BCUT2D eigenvalue weighted by Crippen LogP contribution is 2.42. The van der Waals surface area contributed by atoms with Crippen molar-refractivity contribution in [3.05, 3.63) is 27.1 Å². The predicted octanol–water partition coefficient (Wildman–Crippen LogP) is 2.15. The molecule has 2 aromatic heterocycles. The maximum Gasteiger partial charge on any atom is 0.311 e. The third-order valence-corrected chi connectivity index (χ3v) is 4.79. The van der Waals surface area contributed by atoms with Gasteiger partial charge in [-0.3, -0.25) is 14.2 Å². The zero-order valence-electron chi connectivity index (χ0n) is 10.7. The van der Waals surface area contributed by atoms with E-state index < -0.39 is 11.9 Å². The molecule has 1 aliphatic rings. The molecular formula is C13H14N2O3S. The molecule has 0 amide bonds. The molecule has 5 nitrogen and oxygen atoms in total. The van der Waals surface area contributed by atoms with Crippen LogP contribution in [0.1, 0.15) is 42.7 Å². The number of aromatic nitrogens is 2. The third kappa shape index (κ3) is 1.70. The van der Waals surface area contributed by atoms with Crippen LogP contribution in [0.4, 0.5) is 0 Å². The lowest BCUT2D eigenvalue weighted by atomic mass is 10.0. The second kappa shape index (κ2) is 4.16. The third-order valence-electron chi connectivity index (χ3n) is 3.61. The molecule has 0 fully saturated rings. The number of aliphatic carboxylic acids is 1. The molecule has 1 unspecified atom stereocenters. The van der Waals surface area contributed by atoms with Gasteiger partial charge in [-0.1, -0.05) is 0 Å². The van der Waals surface area contributed by atoms with E-state index in [9.17, 15) is 14.7 Å². The smallest absolute Gasteiger partial charge is 0.311 e. The molecule has 19 heavy (non-hydrogen) atoms. The highest BCUT2D eigenvalue weighted by atomic mass is 32.1. The standard InChI is InChI=1S/C13H14N2O3S/c1-6(2)15-5-14-11-10(12(15)16)9-7(13(17)18)3-4-8(9)19-11/h5-7H,3-4H2,1-2H3,(H,17,18). The molecule has 3 rings (SSSR count). The Balaban J connectivity index is 2.35. The van der Waals surface area contributed by atoms with Gasteiger partial charge in [0.05, 0.1) is 17.6 Å². The van der Waals surface area contributed by atoms with Crippen molar-refractivity contribution in [2.75, 3.05) is 0 Å². The van der Waals surface area contributed by atoms with E-state index >= 15 is 0 Å². The summed E-state index contributed by atoms with van der Waals surface area (Å²) in [6.07, 6.45) is 2.87. The predicted molar refractivity (Wildman–Crippen MR) is 73.0 cm³/mol. The molecule has 0 aromatic carbocycles. The second-order valence-corrected chi connectivity index (χ2v) is 6.18. The molecule has 6 heteroatoms. The summed E-state index contributed by atoms with van der Waals surface area (Å²) in [5.74, 6) is -1.40. The molecule has 0 radical (unpaired) electrons. The molecule has 2 heterocycles. The molecule has 1 atom stereocenters. The average Bonchev–Trinajstić information content (AvgIpc) is 2.86. The molecule has 0 spiro atoms. The van der Waals surface area contributed by atoms with Gasteiger partial charge in [0.25, 0.3) is 5.56 Å². The lowest BCUT2D eigenvalue weighted by molar-refractivity contribution is -0.138. The number of thiophene rings is 1. The SMILES string of the molecule is CC(C)n1cnc2sc3c(c2c1=O)C(C(=O)O)CC3. The van der Waals surface area contributed by atoms with Crippen LogP contribution in [0.2, 0.25) is 0 Å². The summed E-state index contributed by atoms with van der Waals surface area (Å²) in [4.78, 5) is 29.8. The van der Waals surface area contributed by atoms with E-state index in [1.54, 1.807) is 10.9 Å². The van der Waals surface area contributed by atoms with Crippen LogP contribution in [0.25, 0.3) is 10.2 Å². The monoisotopic (exact) mass is 278 g/mol. The van der Waals surface area contributed by atoms with Gasteiger partial charge < -0.3 is 5.11 Å². The Labute approximate surface area is 113 Å². The summed E-state index contributed by atoms with van der Waals surface area (Å²) in [7, 11) is 0. The lowest BCUT2D eigenvalue weighted by Crippen LogP contribution is -2.23. The van der Waals surface area contributed by atoms with Crippen LogP contribution in [0.3, 0.4) is 0 Å². The van der Waals surface area contributed by atoms with Gasteiger partial charge in [-0.2, -0.15) is 0 Å². The fraction of sp³-hybridized carbons (Fsp3) is 0.462. The highest BCUT2D eigenvalue weighted by molar-refractivity contribution is 7.18. The van der Waals surface area contributed by atoms with E-state index in [1.807, 2.05) is 13.8 Å². The summed E-state index contributed by atoms with van der Waals surface area (Å²) < 4.78 is 1.56. The number of hydrogen-bond acceptors (Lipinski definition) is 4. The van der Waals surface area contributed by atoms with Crippen molar-refractivity contribution < 1.29 is 9.90 Å². The first-order valence-corrected chi connectivity index (χ1v) is 7.07. The Bertz CT molecular complexity index is 729. The first kappa shape index (κ1) is 12.3. The summed E-state index contributed by atoms with van der Waals surface area (Å²) in [6.45, 7) is 3.83. The lowest BCUT2D eigenvalue weighted by Gasteiger charge is -2.10. The summed E-state index contributed by atoms with van der Waals surface area (Å²) in [6, 6.07) is 0.0182. The fourth-order valence-electron chi connectivity index (χ4n) is 2.66. The zero-order chi connectivity index (χ0) is 13.7. The average molecular weight is 278 g/mol. The van der Waals surface area contributed by atoms with Crippen LogP contribution >= 0.6 is 11.3 Å². The van der Waals surface area contributed by atoms with E-state index in [-0.39, 0.29) is 11.6 Å². The maximum atomic E-state index is 12.5. The van der Waals surface area contributed by atoms with E-state index in [4.69, 9.17) is 0 Å². The van der Waals surface area contributed by atoms with E-state index in [1.165, 1.54) is 11.3 Å². The minimum absolute atomic E-state index is 0.0182. The molecule has 0 bridgehead atoms. The summed E-state index contributed by atoms with van der Waals surface area (Å²) in [5, 5.41) is 9.80. The number of carboxylic acid groups (broad SMARTS) is 1. The van der Waals surface area contributed by atoms with E-state index in [0.717, 1.165) is 11.3 Å². The maximum absolute atomic E-state index is 12.5. The van der Waals surface area contributed by atoms with Gasteiger partial charge in [-0.25, -0.2) is 4.98 Å². The highest BCUT2D eigenvalue weighted by Gasteiger charge is 2.34. The van der Waals surface area contributed by atoms with Crippen molar-refractivity contribution in [3.8, 4) is 0 Å². The molecular weight excluding hydrogens is 264 g/mol. The number of aryl methyl sites for hydroxylation is 1. The number of carboxylic acids is 1. The van der Waals surface area contributed by atoms with Crippen molar-refractivity contribution in [1.29, 1.82) is 0 Å². The van der Waals surface area contributed by atoms with Crippen LogP contribution in [0.5, 0.6) is 0 Å². The second-order valence-electron chi connectivity index (χ2n) is 5.10. The molecule has 1 aliphatic carbocycles. The minimum Gasteiger partial charge on any atom is -0.481 e. The van der Waals surface area contributed by atoms with Crippen molar-refractivity contribution in [1.82, 2.24) is 9.55 Å². The van der Waals surface area contributed by atoms with Gasteiger partial charge in [-0.05, 0) is 32.3 Å². The van der Waals surface area contributed by atoms with Crippen LogP contribution in [-0.4, -0.2) is 20.6 Å². The summed E-state index contributed by atoms with van der Waals surface area (Å²) >= 11 is 1.45. The minimum atomic E-state index is -0.849. The van der Waals surface area contributed by atoms with E-state index in [2.05, 4.69) is 4.98 Å². The van der Waals surface area contributed by atoms with Gasteiger partial charge in [-0.15, -0.1) is 11.3 Å². The van der Waals surface area contributed by atoms with Gasteiger partial charge in [0.1, 0.15) is 4.83 Å². The first-order valence-electron chi connectivity index (χ1n) is 6.26. The molecule has 100 valence electrons. The van der Waals surface area contributed by atoms with E-state index in [0.29, 0.717) is 22.2 Å². The Morgan fingerprint density at radius 2 is 2.32 bits per heavy atom. The quantitative estimate of drug-likeness (QED) is 0.913. The Morgan fingerprint density at radius 3 is 2.95 bits per heavy atom. The Morgan fingerprint density at radius 1 is 1.58 bits per heavy atom. The summed E-state index contributed by atoms with van der Waals surface area (Å²) in [5.41, 5.74) is 0.589. The van der Waals surface area contributed by atoms with Gasteiger partial charge in [0.15, 0.2) is 0 Å². The Kier molecular flexibility index (Phi) is 2.70. The number of hydrogen-bond donors (Lipinski definition) is 1. The number of carbonyl (C=O) groups is 1. The van der Waals surface area contributed by atoms with Crippen molar-refractivity contribution in [2.45, 2.75) is 38.6 Å². The molecule has 1 N–H and O–H groups in total. The molecule has 0 aliphatic heterocycles. The largest absolute Gasteiger partial charge is 0.481 e. The molecule has 0 saturated carbocycles. The number of nitrogens with zero attached hydrogens (tertiary/aromatic N) is 2. The molecule has 2 aromatic rings. The van der Waals surface area contributed by atoms with Gasteiger partial charge in [0, 0.05) is 10.9 Å². The van der Waals surface area contributed by atoms with Crippen LogP contribution in [0, 0.1) is 0 Å². The van der Waals surface area contributed by atoms with Crippen LogP contribution < -0.4 is 5.56 Å². The fourth-order valence-corrected chi connectivity index (χ4v) is 3.87. The first-order chi connectivity index (χ1) is 9.00. The van der Waals surface area contributed by atoms with Crippen molar-refractivity contribution in [3.63, 3.8) is 0 Å². The zero-order valence-corrected chi connectivity index (χ0v) is 11.5. The number of fused-ring (bicyclic) bond motifs is 3. The van der Waals surface area contributed by atoms with Crippen LogP contribution in [-0.2, 0) is 11.2 Å². The normalized spacial score (nSPS) is 18.2. The van der Waals surface area contributed by atoms with Crippen molar-refractivity contribution in [2.24, 2.45) is 0 Å². The van der Waals surface area contributed by atoms with Crippen molar-refractivity contribution >= 4 is 27.5 Å². The topological polar surface area (TPSA) is 72.2 Å². The van der Waals surface area contributed by atoms with Gasteiger partial charge in [0.2, 0.25) is 0 Å². The Hall–Kier alpha value is -1.69. The number of rotatable bonds is 2. The molecule has 0 saturated heterocycles. The van der Waals surface area contributed by atoms with Crippen LogP contribution in [0.15, 0.2) is 11.1 Å². The van der Waals surface area contributed by atoms with Gasteiger partial charge >= 0.3 is 5.97 Å².